The predicted molar refractivity (Wildman–Crippen MR) is 48.5 cm³/mol. The van der Waals surface area contributed by atoms with E-state index in [-0.39, 0.29) is 0 Å². The highest BCUT2D eigenvalue weighted by Crippen LogP contribution is 2.10. The number of carbonyl (C=O) groups excluding carboxylic acids is 2. The van der Waals surface area contributed by atoms with Gasteiger partial charge < -0.3 is 10.4 Å². The van der Waals surface area contributed by atoms with Gasteiger partial charge >= 0.3 is 0 Å². The van der Waals surface area contributed by atoms with Crippen LogP contribution < -0.4 is 5.32 Å². The number of amides is 1. The molecular formula is C8H9NO3S. The monoisotopic (exact) mass is 199 g/mol. The van der Waals surface area contributed by atoms with Crippen LogP contribution in [0.5, 0.6) is 0 Å². The van der Waals surface area contributed by atoms with Crippen molar-refractivity contribution < 1.29 is 14.7 Å². The molecule has 0 bridgehead atoms. The van der Waals surface area contributed by atoms with Crippen LogP contribution in [0.1, 0.15) is 16.6 Å². The number of nitrogens with one attached hydrogen (secondary N) is 1. The molecule has 0 saturated carbocycles. The summed E-state index contributed by atoms with van der Waals surface area (Å²) in [6, 6.07) is 3.30. The van der Waals surface area contributed by atoms with Crippen molar-refractivity contribution in [1.29, 1.82) is 0 Å². The number of Topliss-reactive ketones (excluding diaryl/α,β-unsaturated/α-hetero) is 1. The molecule has 13 heavy (non-hydrogen) atoms. The van der Waals surface area contributed by atoms with E-state index >= 15 is 0 Å². The Morgan fingerprint density at radius 2 is 2.31 bits per heavy atom. The minimum Gasteiger partial charge on any atom is -0.367 e. The van der Waals surface area contributed by atoms with Crippen molar-refractivity contribution in [2.24, 2.45) is 0 Å². The van der Waals surface area contributed by atoms with Crippen molar-refractivity contribution in [3.8, 4) is 0 Å². The van der Waals surface area contributed by atoms with Gasteiger partial charge in [0.1, 0.15) is 0 Å². The van der Waals surface area contributed by atoms with Crippen LogP contribution >= 0.6 is 11.3 Å². The molecule has 0 aliphatic heterocycles. The smallest absolute Gasteiger partial charge is 0.221 e. The molecule has 70 valence electrons. The van der Waals surface area contributed by atoms with Gasteiger partial charge in [-0.25, -0.2) is 0 Å². The number of ketones is 1. The standard InChI is InChI=1S/C8H9NO3S/c1-5(10)9-8(12)7(11)6-3-2-4-13-6/h2-4,8,12H,1H3,(H,9,10). The third-order valence-electron chi connectivity index (χ3n) is 1.35. The predicted octanol–water partition coefficient (Wildman–Crippen LogP) is 0.385. The number of aliphatic hydroxyl groups excluding tert-OH is 1. The summed E-state index contributed by atoms with van der Waals surface area (Å²) in [5.74, 6) is -0.914. The Labute approximate surface area is 79.2 Å². The number of thiophene rings is 1. The average Bonchev–Trinajstić information content (AvgIpc) is 2.53. The Balaban J connectivity index is 2.63. The van der Waals surface area contributed by atoms with Gasteiger partial charge in [0, 0.05) is 6.92 Å². The van der Waals surface area contributed by atoms with E-state index in [1.807, 2.05) is 0 Å². The van der Waals surface area contributed by atoms with Gasteiger partial charge in [-0.1, -0.05) is 6.07 Å². The zero-order valence-electron chi connectivity index (χ0n) is 6.98. The van der Waals surface area contributed by atoms with Crippen LogP contribution in [0.4, 0.5) is 0 Å². The summed E-state index contributed by atoms with van der Waals surface area (Å²) in [6.45, 7) is 1.24. The first-order valence-electron chi connectivity index (χ1n) is 3.64. The summed E-state index contributed by atoms with van der Waals surface area (Å²) < 4.78 is 0. The van der Waals surface area contributed by atoms with Gasteiger partial charge in [-0.3, -0.25) is 9.59 Å². The van der Waals surface area contributed by atoms with Crippen molar-refractivity contribution in [3.63, 3.8) is 0 Å². The Morgan fingerprint density at radius 3 is 2.77 bits per heavy atom. The Bertz CT molecular complexity index is 307. The minimum atomic E-state index is -1.43. The van der Waals surface area contributed by atoms with Crippen LogP contribution in [0.15, 0.2) is 17.5 Å². The third-order valence-corrected chi connectivity index (χ3v) is 2.24. The fraction of sp³-hybridized carbons (Fsp3) is 0.250. The van der Waals surface area contributed by atoms with Crippen molar-refractivity contribution in [1.82, 2.24) is 5.32 Å². The molecular weight excluding hydrogens is 190 g/mol. The maximum absolute atomic E-state index is 11.3. The zero-order chi connectivity index (χ0) is 9.84. The van der Waals surface area contributed by atoms with Crippen molar-refractivity contribution in [3.05, 3.63) is 22.4 Å². The number of rotatable bonds is 3. The van der Waals surface area contributed by atoms with Crippen LogP contribution in [0, 0.1) is 0 Å². The highest BCUT2D eigenvalue weighted by Gasteiger charge is 2.18. The molecule has 1 unspecified atom stereocenters. The molecule has 0 saturated heterocycles. The van der Waals surface area contributed by atoms with Crippen molar-refractivity contribution >= 4 is 23.0 Å². The van der Waals surface area contributed by atoms with Crippen LogP contribution in [0.25, 0.3) is 0 Å². The topological polar surface area (TPSA) is 66.4 Å². The summed E-state index contributed by atoms with van der Waals surface area (Å²) in [5.41, 5.74) is 0. The second kappa shape index (κ2) is 4.15. The Hall–Kier alpha value is -1.20. The van der Waals surface area contributed by atoms with Gasteiger partial charge in [0.15, 0.2) is 6.23 Å². The Kier molecular flexibility index (Phi) is 3.16. The summed E-state index contributed by atoms with van der Waals surface area (Å²) in [7, 11) is 0. The fourth-order valence-corrected chi connectivity index (χ4v) is 1.50. The Morgan fingerprint density at radius 1 is 1.62 bits per heavy atom. The van der Waals surface area contributed by atoms with Gasteiger partial charge in [-0.05, 0) is 11.4 Å². The number of hydrogen-bond acceptors (Lipinski definition) is 4. The van der Waals surface area contributed by atoms with E-state index in [2.05, 4.69) is 5.32 Å². The van der Waals surface area contributed by atoms with E-state index in [9.17, 15) is 14.7 Å². The molecule has 0 aliphatic carbocycles. The molecule has 0 aliphatic rings. The van der Waals surface area contributed by atoms with Gasteiger partial charge in [0.2, 0.25) is 11.7 Å². The second-order valence-electron chi connectivity index (χ2n) is 2.44. The molecule has 0 spiro atoms. The van der Waals surface area contributed by atoms with Crippen LogP contribution in [-0.2, 0) is 4.79 Å². The number of carbonyl (C=O) groups is 2. The molecule has 0 aromatic carbocycles. The lowest BCUT2D eigenvalue weighted by Gasteiger charge is -2.07. The number of hydrogen-bond donors (Lipinski definition) is 2. The third kappa shape index (κ3) is 2.64. The van der Waals surface area contributed by atoms with Gasteiger partial charge in [-0.2, -0.15) is 0 Å². The zero-order valence-corrected chi connectivity index (χ0v) is 7.80. The van der Waals surface area contributed by atoms with E-state index in [0.717, 1.165) is 0 Å². The summed E-state index contributed by atoms with van der Waals surface area (Å²) in [4.78, 5) is 22.2. The molecule has 2 N–H and O–H groups in total. The lowest BCUT2D eigenvalue weighted by molar-refractivity contribution is -0.121. The van der Waals surface area contributed by atoms with E-state index < -0.39 is 17.9 Å². The summed E-state index contributed by atoms with van der Waals surface area (Å²) >= 11 is 1.23. The molecule has 0 fully saturated rings. The molecule has 5 heteroatoms. The summed E-state index contributed by atoms with van der Waals surface area (Å²) in [5, 5.41) is 13.0. The fourth-order valence-electron chi connectivity index (χ4n) is 0.812. The number of aliphatic hydroxyl groups is 1. The first-order chi connectivity index (χ1) is 6.11. The molecule has 1 atom stereocenters. The van der Waals surface area contributed by atoms with Crippen molar-refractivity contribution in [2.75, 3.05) is 0 Å². The molecule has 1 aromatic rings. The first kappa shape index (κ1) is 9.88. The normalized spacial score (nSPS) is 12.2. The maximum atomic E-state index is 11.3. The molecule has 0 radical (unpaired) electrons. The van der Waals surface area contributed by atoms with E-state index in [1.54, 1.807) is 17.5 Å². The lowest BCUT2D eigenvalue weighted by atomic mass is 10.3. The molecule has 1 amide bonds. The molecule has 1 aromatic heterocycles. The molecule has 1 heterocycles. The highest BCUT2D eigenvalue weighted by atomic mass is 32.1. The molecule has 1 rings (SSSR count). The largest absolute Gasteiger partial charge is 0.367 e. The van der Waals surface area contributed by atoms with Crippen LogP contribution in [0.2, 0.25) is 0 Å². The molecule has 4 nitrogen and oxygen atoms in total. The lowest BCUT2D eigenvalue weighted by Crippen LogP contribution is -2.39. The van der Waals surface area contributed by atoms with Crippen LogP contribution in [-0.4, -0.2) is 23.0 Å². The first-order valence-corrected chi connectivity index (χ1v) is 4.52. The summed E-state index contributed by atoms with van der Waals surface area (Å²) in [6.07, 6.45) is -1.43. The van der Waals surface area contributed by atoms with E-state index in [1.165, 1.54) is 18.3 Å². The van der Waals surface area contributed by atoms with E-state index in [0.29, 0.717) is 4.88 Å². The van der Waals surface area contributed by atoms with Crippen molar-refractivity contribution in [2.45, 2.75) is 13.2 Å². The maximum Gasteiger partial charge on any atom is 0.221 e. The van der Waals surface area contributed by atoms with Crippen LogP contribution in [0.3, 0.4) is 0 Å². The highest BCUT2D eigenvalue weighted by molar-refractivity contribution is 7.12. The average molecular weight is 199 g/mol. The van der Waals surface area contributed by atoms with Gasteiger partial charge in [0.05, 0.1) is 4.88 Å². The quantitative estimate of drug-likeness (QED) is 0.546. The SMILES string of the molecule is CC(=O)NC(O)C(=O)c1cccs1. The second-order valence-corrected chi connectivity index (χ2v) is 3.39. The van der Waals surface area contributed by atoms with Gasteiger partial charge in [-0.15, -0.1) is 11.3 Å². The minimum absolute atomic E-state index is 0.432. The van der Waals surface area contributed by atoms with E-state index in [4.69, 9.17) is 0 Å². The van der Waals surface area contributed by atoms with Gasteiger partial charge in [0.25, 0.3) is 0 Å².